The Kier molecular flexibility index (Phi) is 13.6. The maximum Gasteiger partial charge on any atom is 0.306 e. The lowest BCUT2D eigenvalue weighted by Gasteiger charge is -2.32. The summed E-state index contributed by atoms with van der Waals surface area (Å²) in [6.45, 7) is 9.59. The van der Waals surface area contributed by atoms with Gasteiger partial charge < -0.3 is 19.9 Å². The second-order valence-corrected chi connectivity index (χ2v) is 11.9. The van der Waals surface area contributed by atoms with Crippen LogP contribution in [0, 0.1) is 29.1 Å². The number of nitrogens with zero attached hydrogens (tertiary/aromatic N) is 1. The molecule has 224 valence electrons. The number of carboxylic acids is 1. The molecule has 8 heteroatoms. The van der Waals surface area contributed by atoms with Gasteiger partial charge in [0.05, 0.1) is 18.8 Å². The van der Waals surface area contributed by atoms with Crippen molar-refractivity contribution in [1.29, 1.82) is 5.26 Å². The average molecular weight is 585 g/mol. The zero-order valence-corrected chi connectivity index (χ0v) is 25.6. The number of nitriles is 1. The Balaban J connectivity index is 0.00000588. The van der Waals surface area contributed by atoms with Crippen LogP contribution in [0.3, 0.4) is 0 Å². The van der Waals surface area contributed by atoms with Crippen molar-refractivity contribution in [2.45, 2.75) is 78.2 Å². The van der Waals surface area contributed by atoms with Gasteiger partial charge in [-0.25, -0.2) is 0 Å². The summed E-state index contributed by atoms with van der Waals surface area (Å²) in [5, 5.41) is 22.7. The zero-order chi connectivity index (χ0) is 29.1. The van der Waals surface area contributed by atoms with Gasteiger partial charge in [-0.15, -0.1) is 12.4 Å². The Morgan fingerprint density at radius 1 is 1.17 bits per heavy atom. The van der Waals surface area contributed by atoms with Crippen LogP contribution in [-0.2, 0) is 33.6 Å². The third kappa shape index (κ3) is 11.4. The van der Waals surface area contributed by atoms with Crippen LogP contribution in [0.1, 0.15) is 75.6 Å². The van der Waals surface area contributed by atoms with E-state index in [1.807, 2.05) is 19.1 Å². The molecule has 2 N–H and O–H groups in total. The number of carbonyl (C=O) groups excluding carboxylic acids is 1. The van der Waals surface area contributed by atoms with Gasteiger partial charge in [-0.05, 0) is 93.5 Å². The number of esters is 1. The molecule has 7 nitrogen and oxygen atoms in total. The van der Waals surface area contributed by atoms with E-state index in [4.69, 9.17) is 9.47 Å². The van der Waals surface area contributed by atoms with E-state index in [1.165, 1.54) is 11.1 Å². The molecule has 0 amide bonds. The number of ether oxygens (including phenoxy) is 2. The molecule has 41 heavy (non-hydrogen) atoms. The highest BCUT2D eigenvalue weighted by molar-refractivity contribution is 5.85. The number of nitrogens with one attached hydrogen (secondary N) is 1. The van der Waals surface area contributed by atoms with Crippen LogP contribution in [0.25, 0.3) is 0 Å². The minimum atomic E-state index is -0.803. The van der Waals surface area contributed by atoms with Gasteiger partial charge in [0.2, 0.25) is 0 Å². The van der Waals surface area contributed by atoms with Crippen molar-refractivity contribution >= 4 is 24.3 Å². The molecule has 0 spiro atoms. The van der Waals surface area contributed by atoms with Gasteiger partial charge in [0.1, 0.15) is 11.8 Å². The van der Waals surface area contributed by atoms with Crippen molar-refractivity contribution in [2.75, 3.05) is 19.8 Å². The smallest absolute Gasteiger partial charge is 0.306 e. The predicted octanol–water partition coefficient (Wildman–Crippen LogP) is 6.14. The molecule has 0 fully saturated rings. The van der Waals surface area contributed by atoms with Gasteiger partial charge in [0.15, 0.2) is 0 Å². The molecule has 2 aromatic carbocycles. The van der Waals surface area contributed by atoms with Crippen LogP contribution in [0.4, 0.5) is 0 Å². The number of benzene rings is 2. The third-order valence-electron chi connectivity index (χ3n) is 7.63. The van der Waals surface area contributed by atoms with Crippen molar-refractivity contribution in [3.05, 3.63) is 64.7 Å². The normalized spacial score (nSPS) is 14.3. The Bertz CT molecular complexity index is 1170. The highest BCUT2D eigenvalue weighted by Crippen LogP contribution is 2.32. The van der Waals surface area contributed by atoms with Crippen LogP contribution in [0.5, 0.6) is 5.75 Å². The van der Waals surface area contributed by atoms with E-state index >= 15 is 0 Å². The van der Waals surface area contributed by atoms with E-state index in [-0.39, 0.29) is 48.6 Å². The monoisotopic (exact) mass is 584 g/mol. The molecule has 0 radical (unpaired) electrons. The first-order valence-corrected chi connectivity index (χ1v) is 14.4. The van der Waals surface area contributed by atoms with Gasteiger partial charge in [0.25, 0.3) is 0 Å². The molecule has 0 bridgehead atoms. The van der Waals surface area contributed by atoms with E-state index in [2.05, 4.69) is 49.5 Å². The summed E-state index contributed by atoms with van der Waals surface area (Å²) in [5.74, 6) is 0.0777. The molecule has 0 heterocycles. The van der Waals surface area contributed by atoms with Crippen LogP contribution in [0.2, 0.25) is 0 Å². The largest absolute Gasteiger partial charge is 0.492 e. The Hall–Kier alpha value is -3.08. The van der Waals surface area contributed by atoms with Crippen LogP contribution >= 0.6 is 12.4 Å². The van der Waals surface area contributed by atoms with Crippen molar-refractivity contribution in [2.24, 2.45) is 17.8 Å². The first kappa shape index (κ1) is 34.1. The fraction of sp³-hybridized carbons (Fsp3) is 0.545. The van der Waals surface area contributed by atoms with Crippen molar-refractivity contribution < 1.29 is 24.2 Å². The average Bonchev–Trinajstić information content (AvgIpc) is 3.30. The second-order valence-electron chi connectivity index (χ2n) is 11.9. The molecule has 3 rings (SSSR count). The molecule has 0 saturated heterocycles. The van der Waals surface area contributed by atoms with E-state index < -0.39 is 5.97 Å². The number of hydrogen-bond donors (Lipinski definition) is 2. The summed E-state index contributed by atoms with van der Waals surface area (Å²) in [4.78, 5) is 23.1. The van der Waals surface area contributed by atoms with Crippen molar-refractivity contribution in [3.8, 4) is 11.8 Å². The van der Waals surface area contributed by atoms with Gasteiger partial charge in [-0.1, -0.05) is 37.3 Å². The quantitative estimate of drug-likeness (QED) is 0.228. The number of carbonyl (C=O) groups is 2. The summed E-state index contributed by atoms with van der Waals surface area (Å²) in [5.41, 5.74) is 4.15. The molecule has 1 aliphatic carbocycles. The zero-order valence-electron chi connectivity index (χ0n) is 24.8. The predicted molar refractivity (Wildman–Crippen MR) is 162 cm³/mol. The van der Waals surface area contributed by atoms with E-state index in [1.54, 1.807) is 13.0 Å². The number of rotatable bonds is 16. The molecule has 0 aromatic heterocycles. The molecule has 0 aliphatic heterocycles. The van der Waals surface area contributed by atoms with E-state index in [0.29, 0.717) is 49.8 Å². The van der Waals surface area contributed by atoms with Gasteiger partial charge in [0, 0.05) is 30.8 Å². The minimum absolute atomic E-state index is 0. The molecule has 2 aromatic rings. The minimum Gasteiger partial charge on any atom is -0.492 e. The van der Waals surface area contributed by atoms with E-state index in [9.17, 15) is 20.0 Å². The van der Waals surface area contributed by atoms with Crippen LogP contribution in [-0.4, -0.2) is 42.3 Å². The lowest BCUT2D eigenvalue weighted by Crippen LogP contribution is -2.44. The first-order valence-electron chi connectivity index (χ1n) is 14.4. The summed E-state index contributed by atoms with van der Waals surface area (Å²) in [6.07, 6.45) is 4.81. The molecule has 2 atom stereocenters. The summed E-state index contributed by atoms with van der Waals surface area (Å²) >= 11 is 0. The fourth-order valence-corrected chi connectivity index (χ4v) is 5.79. The summed E-state index contributed by atoms with van der Waals surface area (Å²) < 4.78 is 11.2. The first-order chi connectivity index (χ1) is 19.1. The van der Waals surface area contributed by atoms with Crippen LogP contribution < -0.4 is 10.1 Å². The molecular formula is C33H45ClN2O5. The Morgan fingerprint density at radius 2 is 1.85 bits per heavy atom. The van der Waals surface area contributed by atoms with Crippen LogP contribution in [0.15, 0.2) is 42.5 Å². The number of aryl methyl sites for hydroxylation is 1. The molecular weight excluding hydrogens is 540 g/mol. The Morgan fingerprint density at radius 3 is 2.46 bits per heavy atom. The highest BCUT2D eigenvalue weighted by atomic mass is 35.5. The number of hydrogen-bond acceptors (Lipinski definition) is 6. The van der Waals surface area contributed by atoms with Gasteiger partial charge in [-0.3, -0.25) is 9.59 Å². The molecule has 0 saturated carbocycles. The van der Waals surface area contributed by atoms with Crippen molar-refractivity contribution in [3.63, 3.8) is 0 Å². The standard InChI is InChI=1S/C33H44N2O5.ClH/c1-5-39-32(38)13-11-24-10-12-29(20-34)30(18-24)40-22-26(14-23(2)15-31(36)37)21-35-33(3,4)19-25-16-27-8-6-7-9-28(27)17-25;/h6-10,12,18,23,25-26,35H,5,11,13-17,19,21-22H2,1-4H3,(H,36,37);1H/t23?,26-;/m1./s1. The van der Waals surface area contributed by atoms with Gasteiger partial charge >= 0.3 is 11.9 Å². The molecule has 1 aliphatic rings. The third-order valence-corrected chi connectivity index (χ3v) is 7.63. The molecule has 1 unspecified atom stereocenters. The van der Waals surface area contributed by atoms with Gasteiger partial charge in [-0.2, -0.15) is 5.26 Å². The number of halogens is 1. The lowest BCUT2D eigenvalue weighted by molar-refractivity contribution is -0.143. The topological polar surface area (TPSA) is 109 Å². The highest BCUT2D eigenvalue weighted by Gasteiger charge is 2.29. The number of aliphatic carboxylic acids is 1. The Labute approximate surface area is 251 Å². The summed E-state index contributed by atoms with van der Waals surface area (Å²) in [6, 6.07) is 16.3. The maximum absolute atomic E-state index is 11.8. The van der Waals surface area contributed by atoms with Crippen molar-refractivity contribution in [1.82, 2.24) is 5.32 Å². The lowest BCUT2D eigenvalue weighted by atomic mass is 9.87. The second kappa shape index (κ2) is 16.4. The maximum atomic E-state index is 11.8. The summed E-state index contributed by atoms with van der Waals surface area (Å²) in [7, 11) is 0. The fourth-order valence-electron chi connectivity index (χ4n) is 5.79. The number of carboxylic acid groups (broad SMARTS) is 1. The number of fused-ring (bicyclic) bond motifs is 1. The SMILES string of the molecule is CCOC(=O)CCc1ccc(C#N)c(OC[C@@H](CNC(C)(C)CC2Cc3ccccc3C2)CC(C)CC(=O)O)c1.Cl. The van der Waals surface area contributed by atoms with E-state index in [0.717, 1.165) is 24.8 Å².